The predicted molar refractivity (Wildman–Crippen MR) is 84.6 cm³/mol. The number of nitrogens with zero attached hydrogens (tertiary/aromatic N) is 2. The molecule has 0 amide bonds. The van der Waals surface area contributed by atoms with Crippen LogP contribution in [0.2, 0.25) is 0 Å². The fourth-order valence-electron chi connectivity index (χ4n) is 2.83. The first-order valence-electron chi connectivity index (χ1n) is 7.32. The Kier molecular flexibility index (Phi) is 4.92. The third kappa shape index (κ3) is 2.64. The van der Waals surface area contributed by atoms with E-state index in [-0.39, 0.29) is 0 Å². The molecular weight excluding hydrogens is 272 g/mol. The molecule has 1 unspecified atom stereocenters. The molecule has 0 radical (unpaired) electrons. The summed E-state index contributed by atoms with van der Waals surface area (Å²) in [6, 6.07) is 6.51. The van der Waals surface area contributed by atoms with Crippen LogP contribution in [0.4, 0.5) is 0 Å². The molecule has 0 fully saturated rings. The molecular formula is C16H23ClN2O. The highest BCUT2D eigenvalue weighted by atomic mass is 35.5. The molecule has 0 N–H and O–H groups in total. The van der Waals surface area contributed by atoms with E-state index in [2.05, 4.69) is 31.4 Å². The number of para-hydroxylation sites is 1. The summed E-state index contributed by atoms with van der Waals surface area (Å²) < 4.78 is 7.97. The predicted octanol–water partition coefficient (Wildman–Crippen LogP) is 4.78. The van der Waals surface area contributed by atoms with Crippen LogP contribution in [0.25, 0.3) is 11.0 Å². The lowest BCUT2D eigenvalue weighted by atomic mass is 10.0. The van der Waals surface area contributed by atoms with Crippen LogP contribution in [-0.4, -0.2) is 16.2 Å². The fraction of sp³-hybridized carbons (Fsp3) is 0.562. The van der Waals surface area contributed by atoms with E-state index < -0.39 is 0 Å². The van der Waals surface area contributed by atoms with Gasteiger partial charge in [-0.3, -0.25) is 0 Å². The van der Waals surface area contributed by atoms with Crippen LogP contribution < -0.4 is 4.74 Å². The van der Waals surface area contributed by atoms with Gasteiger partial charge in [0.2, 0.25) is 0 Å². The number of aromatic nitrogens is 2. The van der Waals surface area contributed by atoms with E-state index in [9.17, 15) is 0 Å². The third-order valence-electron chi connectivity index (χ3n) is 3.70. The minimum atomic E-state index is 0.408. The molecule has 4 heteroatoms. The highest BCUT2D eigenvalue weighted by Crippen LogP contribution is 2.33. The topological polar surface area (TPSA) is 27.1 Å². The van der Waals surface area contributed by atoms with Crippen molar-refractivity contribution < 1.29 is 4.74 Å². The van der Waals surface area contributed by atoms with Crippen molar-refractivity contribution in [1.29, 1.82) is 0 Å². The molecule has 0 bridgehead atoms. The molecule has 0 spiro atoms. The van der Waals surface area contributed by atoms with Gasteiger partial charge in [-0.15, -0.1) is 11.6 Å². The maximum atomic E-state index is 6.11. The summed E-state index contributed by atoms with van der Waals surface area (Å²) >= 11 is 6.11. The minimum absolute atomic E-state index is 0.408. The third-order valence-corrected chi connectivity index (χ3v) is 3.93. The van der Waals surface area contributed by atoms with E-state index >= 15 is 0 Å². The Labute approximate surface area is 125 Å². The number of hydrogen-bond acceptors (Lipinski definition) is 2. The second kappa shape index (κ2) is 6.49. The molecule has 110 valence electrons. The Morgan fingerprint density at radius 1 is 1.30 bits per heavy atom. The number of ether oxygens (including phenoxy) is 1. The van der Waals surface area contributed by atoms with Crippen molar-refractivity contribution in [1.82, 2.24) is 9.55 Å². The van der Waals surface area contributed by atoms with Gasteiger partial charge in [0, 0.05) is 6.04 Å². The number of rotatable bonds is 6. The van der Waals surface area contributed by atoms with Crippen LogP contribution in [0, 0.1) is 5.92 Å². The van der Waals surface area contributed by atoms with Crippen molar-refractivity contribution in [2.75, 3.05) is 6.61 Å². The number of benzene rings is 1. The zero-order valence-electron chi connectivity index (χ0n) is 12.7. The molecule has 1 atom stereocenters. The van der Waals surface area contributed by atoms with Gasteiger partial charge in [0.05, 0.1) is 18.0 Å². The molecule has 1 aromatic heterocycles. The SMILES string of the molecule is CCOc1cccc2c1nc(CCl)n2C(CC)C(C)C. The number of halogens is 1. The maximum Gasteiger partial charge on any atom is 0.147 e. The number of hydrogen-bond donors (Lipinski definition) is 0. The van der Waals surface area contributed by atoms with E-state index in [4.69, 9.17) is 21.3 Å². The standard InChI is InChI=1S/C16H23ClN2O/c1-5-12(11(3)4)19-13-8-7-9-14(20-6-2)16(13)18-15(19)10-17/h7-9,11-12H,5-6,10H2,1-4H3. The van der Waals surface area contributed by atoms with Gasteiger partial charge in [-0.1, -0.05) is 26.8 Å². The lowest BCUT2D eigenvalue weighted by Crippen LogP contribution is -2.16. The van der Waals surface area contributed by atoms with E-state index in [1.54, 1.807) is 0 Å². The molecule has 0 aliphatic rings. The van der Waals surface area contributed by atoms with Crippen molar-refractivity contribution in [2.45, 2.75) is 46.0 Å². The van der Waals surface area contributed by atoms with Crippen molar-refractivity contribution in [2.24, 2.45) is 5.92 Å². The Bertz CT molecular complexity index is 577. The van der Waals surface area contributed by atoms with Gasteiger partial charge >= 0.3 is 0 Å². The smallest absolute Gasteiger partial charge is 0.147 e. The maximum absolute atomic E-state index is 6.11. The highest BCUT2D eigenvalue weighted by Gasteiger charge is 2.21. The summed E-state index contributed by atoms with van der Waals surface area (Å²) in [5, 5.41) is 0. The average Bonchev–Trinajstić information content (AvgIpc) is 2.80. The van der Waals surface area contributed by atoms with Gasteiger partial charge in [0.15, 0.2) is 0 Å². The zero-order valence-corrected chi connectivity index (χ0v) is 13.4. The van der Waals surface area contributed by atoms with Crippen LogP contribution in [0.15, 0.2) is 18.2 Å². The van der Waals surface area contributed by atoms with Gasteiger partial charge in [0.25, 0.3) is 0 Å². The van der Waals surface area contributed by atoms with Crippen molar-refractivity contribution in [3.8, 4) is 5.75 Å². The van der Waals surface area contributed by atoms with Crippen LogP contribution in [0.5, 0.6) is 5.75 Å². The van der Waals surface area contributed by atoms with Crippen molar-refractivity contribution >= 4 is 22.6 Å². The Balaban J connectivity index is 2.66. The van der Waals surface area contributed by atoms with Gasteiger partial charge in [-0.25, -0.2) is 4.98 Å². The Morgan fingerprint density at radius 2 is 2.05 bits per heavy atom. The van der Waals surface area contributed by atoms with E-state index in [1.165, 1.54) is 0 Å². The quantitative estimate of drug-likeness (QED) is 0.717. The van der Waals surface area contributed by atoms with Gasteiger partial charge in [0.1, 0.15) is 17.1 Å². The van der Waals surface area contributed by atoms with Gasteiger partial charge in [-0.05, 0) is 31.4 Å². The Hall–Kier alpha value is -1.22. The average molecular weight is 295 g/mol. The highest BCUT2D eigenvalue weighted by molar-refractivity contribution is 6.16. The molecule has 0 saturated heterocycles. The van der Waals surface area contributed by atoms with Gasteiger partial charge in [-0.2, -0.15) is 0 Å². The first-order valence-corrected chi connectivity index (χ1v) is 7.86. The summed E-state index contributed by atoms with van der Waals surface area (Å²) in [6.07, 6.45) is 1.06. The lowest BCUT2D eigenvalue weighted by molar-refractivity contribution is 0.343. The summed E-state index contributed by atoms with van der Waals surface area (Å²) in [5.74, 6) is 2.72. The number of imidazole rings is 1. The first kappa shape index (κ1) is 15.2. The second-order valence-corrected chi connectivity index (χ2v) is 5.58. The molecule has 3 nitrogen and oxygen atoms in total. The summed E-state index contributed by atoms with van der Waals surface area (Å²) in [5.41, 5.74) is 2.04. The molecule has 1 heterocycles. The first-order chi connectivity index (χ1) is 9.63. The molecule has 0 saturated carbocycles. The van der Waals surface area contributed by atoms with E-state index in [1.807, 2.05) is 19.1 Å². The van der Waals surface area contributed by atoms with Crippen molar-refractivity contribution in [3.05, 3.63) is 24.0 Å². The normalized spacial score (nSPS) is 13.1. The second-order valence-electron chi connectivity index (χ2n) is 5.31. The largest absolute Gasteiger partial charge is 0.492 e. The summed E-state index contributed by atoms with van der Waals surface area (Å²) in [6.45, 7) is 9.32. The van der Waals surface area contributed by atoms with Crippen LogP contribution >= 0.6 is 11.6 Å². The lowest BCUT2D eigenvalue weighted by Gasteiger charge is -2.23. The number of fused-ring (bicyclic) bond motifs is 1. The van der Waals surface area contributed by atoms with Gasteiger partial charge < -0.3 is 9.30 Å². The monoisotopic (exact) mass is 294 g/mol. The molecule has 2 aromatic rings. The molecule has 1 aromatic carbocycles. The van der Waals surface area contributed by atoms with Crippen LogP contribution in [-0.2, 0) is 5.88 Å². The zero-order chi connectivity index (χ0) is 14.7. The summed E-state index contributed by atoms with van der Waals surface area (Å²) in [4.78, 5) is 4.71. The molecule has 0 aliphatic carbocycles. The fourth-order valence-corrected chi connectivity index (χ4v) is 3.02. The number of alkyl halides is 1. The minimum Gasteiger partial charge on any atom is -0.492 e. The van der Waals surface area contributed by atoms with Crippen molar-refractivity contribution in [3.63, 3.8) is 0 Å². The van der Waals surface area contributed by atoms with E-state index in [0.29, 0.717) is 24.4 Å². The van der Waals surface area contributed by atoms with Crippen LogP contribution in [0.3, 0.4) is 0 Å². The van der Waals surface area contributed by atoms with E-state index in [0.717, 1.165) is 29.0 Å². The Morgan fingerprint density at radius 3 is 2.60 bits per heavy atom. The summed E-state index contributed by atoms with van der Waals surface area (Å²) in [7, 11) is 0. The van der Waals surface area contributed by atoms with Crippen LogP contribution in [0.1, 0.15) is 46.0 Å². The molecule has 20 heavy (non-hydrogen) atoms. The molecule has 2 rings (SSSR count). The molecule has 0 aliphatic heterocycles.